The van der Waals surface area contributed by atoms with Gasteiger partial charge in [-0.1, -0.05) is 104 Å². The van der Waals surface area contributed by atoms with Crippen molar-refractivity contribution < 1.29 is 32.9 Å². The van der Waals surface area contributed by atoms with Crippen LogP contribution in [-0.2, 0) is 18.4 Å². The molecule has 3 atom stereocenters. The van der Waals surface area contributed by atoms with Crippen LogP contribution in [0.4, 0.5) is 0 Å². The zero-order valence-corrected chi connectivity index (χ0v) is 25.6. The Labute approximate surface area is 228 Å². The second-order valence-electron chi connectivity index (χ2n) is 11.5. The molecule has 0 heterocycles. The van der Waals surface area contributed by atoms with Crippen LogP contribution in [0.1, 0.15) is 123 Å². The van der Waals surface area contributed by atoms with Crippen molar-refractivity contribution in [3.8, 4) is 0 Å². The third kappa shape index (κ3) is 24.3. The van der Waals surface area contributed by atoms with E-state index in [9.17, 15) is 19.4 Å². The first-order valence-electron chi connectivity index (χ1n) is 14.9. The Hall–Kier alpha value is -0.500. The summed E-state index contributed by atoms with van der Waals surface area (Å²) in [6, 6.07) is -0.786. The number of phosphoric ester groups is 1. The predicted octanol–water partition coefficient (Wildman–Crippen LogP) is 5.71. The van der Waals surface area contributed by atoms with Gasteiger partial charge in [-0.05, 0) is 12.8 Å². The van der Waals surface area contributed by atoms with Gasteiger partial charge in [0.2, 0.25) is 5.91 Å². The van der Waals surface area contributed by atoms with E-state index in [-0.39, 0.29) is 19.1 Å². The van der Waals surface area contributed by atoms with Crippen molar-refractivity contribution >= 4 is 13.7 Å². The SMILES string of the molecule is CCCCCCCCCCC(O)C(COP(=O)([O-])OCC[N+](C)(C)C)NC(=O)CCCCCCCCC. The van der Waals surface area contributed by atoms with Crippen molar-refractivity contribution in [1.29, 1.82) is 0 Å². The zero-order valence-electron chi connectivity index (χ0n) is 24.7. The van der Waals surface area contributed by atoms with E-state index < -0.39 is 20.0 Å². The van der Waals surface area contributed by atoms with Crippen LogP contribution < -0.4 is 10.2 Å². The largest absolute Gasteiger partial charge is 0.756 e. The molecule has 0 aliphatic carbocycles. The lowest BCUT2D eigenvalue weighted by Crippen LogP contribution is -2.46. The summed E-state index contributed by atoms with van der Waals surface area (Å²) in [6.45, 7) is 4.59. The number of carbonyl (C=O) groups is 1. The van der Waals surface area contributed by atoms with E-state index in [2.05, 4.69) is 19.2 Å². The molecule has 0 aromatic rings. The Balaban J connectivity index is 4.62. The van der Waals surface area contributed by atoms with Gasteiger partial charge in [0.05, 0.1) is 39.9 Å². The van der Waals surface area contributed by atoms with Crippen LogP contribution >= 0.6 is 7.82 Å². The van der Waals surface area contributed by atoms with Crippen LogP contribution in [0.3, 0.4) is 0 Å². The molecule has 9 heteroatoms. The van der Waals surface area contributed by atoms with Gasteiger partial charge in [0.15, 0.2) is 0 Å². The maximum Gasteiger partial charge on any atom is 0.268 e. The van der Waals surface area contributed by atoms with E-state index in [1.54, 1.807) is 0 Å². The van der Waals surface area contributed by atoms with Gasteiger partial charge in [0.25, 0.3) is 7.82 Å². The molecule has 222 valence electrons. The number of unbranched alkanes of at least 4 members (excludes halogenated alkanes) is 13. The summed E-state index contributed by atoms with van der Waals surface area (Å²) in [5.74, 6) is -0.177. The van der Waals surface area contributed by atoms with Crippen molar-refractivity contribution in [2.45, 2.75) is 135 Å². The van der Waals surface area contributed by atoms with E-state index >= 15 is 0 Å². The van der Waals surface area contributed by atoms with Crippen LogP contribution in [0.5, 0.6) is 0 Å². The molecule has 0 saturated heterocycles. The Bertz CT molecular complexity index is 600. The highest BCUT2D eigenvalue weighted by atomic mass is 31.2. The number of aliphatic hydroxyl groups is 1. The first-order valence-corrected chi connectivity index (χ1v) is 16.3. The quantitative estimate of drug-likeness (QED) is 0.0811. The summed E-state index contributed by atoms with van der Waals surface area (Å²) >= 11 is 0. The number of aliphatic hydroxyl groups excluding tert-OH is 1. The second-order valence-corrected chi connectivity index (χ2v) is 12.9. The average Bonchev–Trinajstić information content (AvgIpc) is 2.81. The summed E-state index contributed by atoms with van der Waals surface area (Å²) in [5, 5.41) is 13.6. The van der Waals surface area contributed by atoms with Gasteiger partial charge in [0, 0.05) is 6.42 Å². The summed E-state index contributed by atoms with van der Waals surface area (Å²) < 4.78 is 22.9. The highest BCUT2D eigenvalue weighted by Gasteiger charge is 2.24. The minimum Gasteiger partial charge on any atom is -0.756 e. The molecule has 1 amide bonds. The summed E-state index contributed by atoms with van der Waals surface area (Å²) in [7, 11) is 1.30. The van der Waals surface area contributed by atoms with Gasteiger partial charge in [0.1, 0.15) is 13.2 Å². The smallest absolute Gasteiger partial charge is 0.268 e. The maximum absolute atomic E-state index is 12.5. The number of quaternary nitrogens is 1. The van der Waals surface area contributed by atoms with Gasteiger partial charge in [-0.25, -0.2) is 0 Å². The summed E-state index contributed by atoms with van der Waals surface area (Å²) in [5.41, 5.74) is 0. The number of nitrogens with zero attached hydrogens (tertiary/aromatic N) is 1. The van der Waals surface area contributed by atoms with Crippen molar-refractivity contribution in [1.82, 2.24) is 5.32 Å². The van der Waals surface area contributed by atoms with E-state index in [1.165, 1.54) is 57.8 Å². The number of nitrogens with one attached hydrogen (secondary N) is 1. The van der Waals surface area contributed by atoms with E-state index in [1.807, 2.05) is 21.1 Å². The number of hydrogen-bond acceptors (Lipinski definition) is 6. The highest BCUT2D eigenvalue weighted by Crippen LogP contribution is 2.38. The molecule has 0 radical (unpaired) electrons. The van der Waals surface area contributed by atoms with Gasteiger partial charge in [-0.15, -0.1) is 0 Å². The topological polar surface area (TPSA) is 108 Å². The van der Waals surface area contributed by atoms with Crippen LogP contribution in [0, 0.1) is 0 Å². The Morgan fingerprint density at radius 1 is 0.838 bits per heavy atom. The van der Waals surface area contributed by atoms with E-state index in [0.29, 0.717) is 23.9 Å². The fourth-order valence-corrected chi connectivity index (χ4v) is 4.82. The van der Waals surface area contributed by atoms with E-state index in [0.717, 1.165) is 38.5 Å². The van der Waals surface area contributed by atoms with Crippen molar-refractivity contribution in [3.63, 3.8) is 0 Å². The van der Waals surface area contributed by atoms with Gasteiger partial charge in [-0.2, -0.15) is 0 Å². The molecular formula is C28H59N2O6P. The molecule has 2 N–H and O–H groups in total. The van der Waals surface area contributed by atoms with Crippen molar-refractivity contribution in [3.05, 3.63) is 0 Å². The second kappa shape index (κ2) is 22.3. The third-order valence-electron chi connectivity index (χ3n) is 6.60. The molecule has 0 aliphatic heterocycles. The highest BCUT2D eigenvalue weighted by molar-refractivity contribution is 7.45. The molecular weight excluding hydrogens is 491 g/mol. The molecule has 0 rings (SSSR count). The Morgan fingerprint density at radius 2 is 1.32 bits per heavy atom. The van der Waals surface area contributed by atoms with Gasteiger partial charge < -0.3 is 28.8 Å². The Kier molecular flexibility index (Phi) is 22.0. The van der Waals surface area contributed by atoms with Crippen LogP contribution in [0.25, 0.3) is 0 Å². The normalized spacial score (nSPS) is 15.3. The fraction of sp³-hybridized carbons (Fsp3) is 0.964. The molecule has 0 saturated carbocycles. The first-order chi connectivity index (χ1) is 17.5. The lowest BCUT2D eigenvalue weighted by atomic mass is 10.0. The molecule has 0 fully saturated rings. The van der Waals surface area contributed by atoms with Gasteiger partial charge in [-0.3, -0.25) is 9.36 Å². The summed E-state index contributed by atoms with van der Waals surface area (Å²) in [6.07, 6.45) is 17.0. The monoisotopic (exact) mass is 550 g/mol. The number of hydrogen-bond donors (Lipinski definition) is 2. The molecule has 3 unspecified atom stereocenters. The van der Waals surface area contributed by atoms with Crippen LogP contribution in [-0.4, -0.2) is 68.5 Å². The number of phosphoric acid groups is 1. The maximum atomic E-state index is 12.5. The Morgan fingerprint density at radius 3 is 1.84 bits per heavy atom. The zero-order chi connectivity index (χ0) is 28.0. The predicted molar refractivity (Wildman–Crippen MR) is 150 cm³/mol. The standard InChI is InChI=1S/C28H59N2O6P/c1-6-8-10-12-14-16-17-19-21-27(31)26(25-36-37(33,34)35-24-23-30(3,4)5)29-28(32)22-20-18-15-13-11-9-7-2/h26-27,31H,6-25H2,1-5H3,(H-,29,32,33,34). The number of carbonyl (C=O) groups excluding carboxylic acids is 1. The molecule has 8 nitrogen and oxygen atoms in total. The molecule has 0 aliphatic rings. The minimum atomic E-state index is -4.53. The molecule has 0 aromatic heterocycles. The lowest BCUT2D eigenvalue weighted by Gasteiger charge is -2.30. The molecule has 0 aromatic carbocycles. The fourth-order valence-electron chi connectivity index (χ4n) is 4.09. The van der Waals surface area contributed by atoms with Crippen molar-refractivity contribution in [2.24, 2.45) is 0 Å². The summed E-state index contributed by atoms with van der Waals surface area (Å²) in [4.78, 5) is 24.8. The molecule has 0 bridgehead atoms. The number of rotatable bonds is 26. The molecule has 0 spiro atoms. The van der Waals surface area contributed by atoms with E-state index in [4.69, 9.17) is 9.05 Å². The lowest BCUT2D eigenvalue weighted by molar-refractivity contribution is -0.870. The van der Waals surface area contributed by atoms with Crippen LogP contribution in [0.15, 0.2) is 0 Å². The number of amides is 1. The average molecular weight is 551 g/mol. The van der Waals surface area contributed by atoms with Crippen molar-refractivity contribution in [2.75, 3.05) is 40.9 Å². The third-order valence-corrected chi connectivity index (χ3v) is 7.56. The van der Waals surface area contributed by atoms with Crippen LogP contribution in [0.2, 0.25) is 0 Å². The minimum absolute atomic E-state index is 0.0143. The number of likely N-dealkylation sites (N-methyl/N-ethyl adjacent to an activating group) is 1. The van der Waals surface area contributed by atoms with Gasteiger partial charge >= 0.3 is 0 Å². The molecule has 37 heavy (non-hydrogen) atoms. The first kappa shape index (κ1) is 36.5.